The minimum absolute atomic E-state index is 0.0190. The molecule has 0 spiro atoms. The smallest absolute Gasteiger partial charge is 0.321 e. The average Bonchev–Trinajstić information content (AvgIpc) is 2.58. The molecule has 0 fully saturated rings. The Morgan fingerprint density at radius 1 is 1.20 bits per heavy atom. The van der Waals surface area contributed by atoms with Crippen LogP contribution in [0, 0.1) is 11.2 Å². The van der Waals surface area contributed by atoms with Crippen LogP contribution in [0.15, 0.2) is 48.5 Å². The highest BCUT2D eigenvalue weighted by atomic mass is 19.1. The van der Waals surface area contributed by atoms with Crippen molar-refractivity contribution in [1.82, 2.24) is 4.90 Å². The molecule has 2 rings (SSSR count). The van der Waals surface area contributed by atoms with Gasteiger partial charge in [0.15, 0.2) is 5.75 Å². The quantitative estimate of drug-likeness (QED) is 0.828. The summed E-state index contributed by atoms with van der Waals surface area (Å²) in [5, 5.41) is 12.1. The maximum Gasteiger partial charge on any atom is 0.321 e. The minimum Gasteiger partial charge on any atom is -0.455 e. The van der Waals surface area contributed by atoms with Gasteiger partial charge in [-0.3, -0.25) is 0 Å². The van der Waals surface area contributed by atoms with Crippen molar-refractivity contribution in [2.45, 2.75) is 13.8 Å². The Kier molecular flexibility index (Phi) is 5.98. The fourth-order valence-electron chi connectivity index (χ4n) is 2.26. The van der Waals surface area contributed by atoms with Gasteiger partial charge in [-0.2, -0.15) is 0 Å². The lowest BCUT2D eigenvalue weighted by Crippen LogP contribution is -2.40. The van der Waals surface area contributed by atoms with E-state index in [0.717, 1.165) is 0 Å². The third-order valence-electron chi connectivity index (χ3n) is 3.61. The third kappa shape index (κ3) is 5.46. The van der Waals surface area contributed by atoms with Gasteiger partial charge >= 0.3 is 6.03 Å². The van der Waals surface area contributed by atoms with Crippen molar-refractivity contribution in [3.63, 3.8) is 0 Å². The van der Waals surface area contributed by atoms with Crippen molar-refractivity contribution in [3.8, 4) is 11.5 Å². The number of amides is 2. The van der Waals surface area contributed by atoms with Crippen molar-refractivity contribution in [2.75, 3.05) is 25.5 Å². The summed E-state index contributed by atoms with van der Waals surface area (Å²) in [4.78, 5) is 13.9. The molecule has 5 nitrogen and oxygen atoms in total. The van der Waals surface area contributed by atoms with Crippen LogP contribution in [-0.2, 0) is 0 Å². The summed E-state index contributed by atoms with van der Waals surface area (Å²) >= 11 is 0. The number of nitrogens with zero attached hydrogens (tertiary/aromatic N) is 1. The molecule has 0 bridgehead atoms. The van der Waals surface area contributed by atoms with Crippen LogP contribution >= 0.6 is 0 Å². The number of para-hydroxylation sites is 2. The molecule has 0 aliphatic rings. The van der Waals surface area contributed by atoms with Gasteiger partial charge in [-0.1, -0.05) is 26.0 Å². The van der Waals surface area contributed by atoms with E-state index in [-0.39, 0.29) is 18.5 Å². The van der Waals surface area contributed by atoms with Crippen molar-refractivity contribution in [2.24, 2.45) is 5.41 Å². The van der Waals surface area contributed by atoms with Crippen LogP contribution in [0.5, 0.6) is 11.5 Å². The van der Waals surface area contributed by atoms with Gasteiger partial charge in [0.2, 0.25) is 0 Å². The lowest BCUT2D eigenvalue weighted by Gasteiger charge is -2.28. The van der Waals surface area contributed by atoms with E-state index in [1.165, 1.54) is 29.2 Å². The van der Waals surface area contributed by atoms with E-state index < -0.39 is 5.41 Å². The molecule has 2 amide bonds. The van der Waals surface area contributed by atoms with E-state index >= 15 is 0 Å². The van der Waals surface area contributed by atoms with Crippen molar-refractivity contribution in [1.29, 1.82) is 0 Å². The largest absolute Gasteiger partial charge is 0.455 e. The maximum absolute atomic E-state index is 13.0. The standard InChI is InChI=1S/C19H23FN2O3/c1-19(2,13-23)12-22(3)18(24)21-16-6-4-5-7-17(16)25-15-10-8-14(20)9-11-15/h4-11,23H,12-13H2,1-3H3,(H,21,24). The van der Waals surface area contributed by atoms with Gasteiger partial charge in [0, 0.05) is 25.6 Å². The first-order valence-corrected chi connectivity index (χ1v) is 7.96. The van der Waals surface area contributed by atoms with E-state index in [1.54, 1.807) is 31.3 Å². The molecule has 0 aliphatic carbocycles. The van der Waals surface area contributed by atoms with Crippen LogP contribution in [0.3, 0.4) is 0 Å². The molecule has 0 saturated heterocycles. The molecule has 0 saturated carbocycles. The van der Waals surface area contributed by atoms with Crippen LogP contribution in [0.4, 0.5) is 14.9 Å². The van der Waals surface area contributed by atoms with E-state index in [9.17, 15) is 14.3 Å². The Bertz CT molecular complexity index is 717. The van der Waals surface area contributed by atoms with Gasteiger partial charge in [0.1, 0.15) is 11.6 Å². The van der Waals surface area contributed by atoms with Gasteiger partial charge in [-0.25, -0.2) is 9.18 Å². The Balaban J connectivity index is 2.09. The predicted molar refractivity (Wildman–Crippen MR) is 95.4 cm³/mol. The second-order valence-electron chi connectivity index (χ2n) is 6.66. The Morgan fingerprint density at radius 2 is 1.84 bits per heavy atom. The molecule has 2 aromatic rings. The molecular weight excluding hydrogens is 323 g/mol. The number of carbonyl (C=O) groups excluding carboxylic acids is 1. The highest BCUT2D eigenvalue weighted by Crippen LogP contribution is 2.29. The van der Waals surface area contributed by atoms with Gasteiger partial charge in [0.25, 0.3) is 0 Å². The molecule has 2 N–H and O–H groups in total. The summed E-state index contributed by atoms with van der Waals surface area (Å²) in [6.45, 7) is 4.13. The van der Waals surface area contributed by atoms with Crippen molar-refractivity contribution >= 4 is 11.7 Å². The normalized spacial score (nSPS) is 11.1. The average molecular weight is 346 g/mol. The van der Waals surface area contributed by atoms with E-state index in [0.29, 0.717) is 23.7 Å². The summed E-state index contributed by atoms with van der Waals surface area (Å²) in [6.07, 6.45) is 0. The molecule has 0 unspecified atom stereocenters. The molecule has 0 aromatic heterocycles. The molecule has 134 valence electrons. The Labute approximate surface area is 147 Å². The Morgan fingerprint density at radius 3 is 2.48 bits per heavy atom. The zero-order chi connectivity index (χ0) is 18.4. The van der Waals surface area contributed by atoms with Gasteiger partial charge < -0.3 is 20.1 Å². The molecule has 0 atom stereocenters. The predicted octanol–water partition coefficient (Wildman–Crippen LogP) is 4.10. The highest BCUT2D eigenvalue weighted by molar-refractivity contribution is 5.90. The first-order chi connectivity index (χ1) is 11.8. The monoisotopic (exact) mass is 346 g/mol. The number of ether oxygens (including phenoxy) is 1. The van der Waals surface area contributed by atoms with Crippen LogP contribution < -0.4 is 10.1 Å². The van der Waals surface area contributed by atoms with Crippen LogP contribution in [0.25, 0.3) is 0 Å². The fraction of sp³-hybridized carbons (Fsp3) is 0.316. The summed E-state index contributed by atoms with van der Waals surface area (Å²) in [7, 11) is 1.66. The molecular formula is C19H23FN2O3. The van der Waals surface area contributed by atoms with E-state index in [4.69, 9.17) is 4.74 Å². The van der Waals surface area contributed by atoms with Crippen LogP contribution in [0.1, 0.15) is 13.8 Å². The SMILES string of the molecule is CN(CC(C)(C)CO)C(=O)Nc1ccccc1Oc1ccc(F)cc1. The fourth-order valence-corrected chi connectivity index (χ4v) is 2.26. The number of aliphatic hydroxyl groups excluding tert-OH is 1. The number of anilines is 1. The number of hydrogen-bond acceptors (Lipinski definition) is 3. The number of aliphatic hydroxyl groups is 1. The zero-order valence-electron chi connectivity index (χ0n) is 14.6. The molecule has 2 aromatic carbocycles. The summed E-state index contributed by atoms with van der Waals surface area (Å²) in [5.41, 5.74) is 0.112. The van der Waals surface area contributed by atoms with Gasteiger partial charge in [0.05, 0.1) is 5.69 Å². The van der Waals surface area contributed by atoms with Crippen molar-refractivity contribution < 1.29 is 19.0 Å². The highest BCUT2D eigenvalue weighted by Gasteiger charge is 2.22. The zero-order valence-corrected chi connectivity index (χ0v) is 14.6. The number of halogens is 1. The number of urea groups is 1. The molecule has 25 heavy (non-hydrogen) atoms. The maximum atomic E-state index is 13.0. The second kappa shape index (κ2) is 7.98. The van der Waals surface area contributed by atoms with Gasteiger partial charge in [-0.15, -0.1) is 0 Å². The van der Waals surface area contributed by atoms with E-state index in [2.05, 4.69) is 5.32 Å². The molecule has 0 heterocycles. The lowest BCUT2D eigenvalue weighted by atomic mass is 9.94. The first kappa shape index (κ1) is 18.7. The number of nitrogens with one attached hydrogen (secondary N) is 1. The Hall–Kier alpha value is -2.60. The second-order valence-corrected chi connectivity index (χ2v) is 6.66. The van der Waals surface area contributed by atoms with Gasteiger partial charge in [-0.05, 0) is 36.4 Å². The molecule has 0 radical (unpaired) electrons. The number of hydrogen-bond donors (Lipinski definition) is 2. The lowest BCUT2D eigenvalue weighted by molar-refractivity contribution is 0.125. The minimum atomic E-state index is -0.393. The molecule has 0 aliphatic heterocycles. The molecule has 6 heteroatoms. The van der Waals surface area contributed by atoms with Crippen molar-refractivity contribution in [3.05, 3.63) is 54.3 Å². The summed E-state index contributed by atoms with van der Waals surface area (Å²) in [6, 6.07) is 12.4. The topological polar surface area (TPSA) is 61.8 Å². The number of carbonyl (C=O) groups is 1. The van der Waals surface area contributed by atoms with Crippen LogP contribution in [-0.4, -0.2) is 36.2 Å². The third-order valence-corrected chi connectivity index (χ3v) is 3.61. The number of rotatable bonds is 6. The summed E-state index contributed by atoms with van der Waals surface area (Å²) < 4.78 is 18.7. The van der Waals surface area contributed by atoms with Crippen LogP contribution in [0.2, 0.25) is 0 Å². The van der Waals surface area contributed by atoms with E-state index in [1.807, 2.05) is 13.8 Å². The number of benzene rings is 2. The first-order valence-electron chi connectivity index (χ1n) is 7.96. The summed E-state index contributed by atoms with van der Waals surface area (Å²) in [5.74, 6) is 0.581.